The average molecular weight is 328 g/mol. The normalized spacial score (nSPS) is 32.8. The van der Waals surface area contributed by atoms with Crippen molar-refractivity contribution in [3.63, 3.8) is 0 Å². The van der Waals surface area contributed by atoms with Crippen molar-refractivity contribution in [2.75, 3.05) is 7.11 Å². The van der Waals surface area contributed by atoms with E-state index in [4.69, 9.17) is 4.74 Å². The Bertz CT molecular complexity index is 692. The van der Waals surface area contributed by atoms with Crippen LogP contribution < -0.4 is 0 Å². The topological polar surface area (TPSA) is 43.4 Å². The number of Topliss-reactive ketones (excluding diaryl/α,β-unsaturated/α-hetero) is 1. The first kappa shape index (κ1) is 17.2. The van der Waals surface area contributed by atoms with Crippen LogP contribution in [0.15, 0.2) is 34.4 Å². The Kier molecular flexibility index (Phi) is 4.09. The van der Waals surface area contributed by atoms with Gasteiger partial charge < -0.3 is 4.74 Å². The van der Waals surface area contributed by atoms with Crippen LogP contribution in [0.3, 0.4) is 0 Å². The zero-order valence-electron chi connectivity index (χ0n) is 15.5. The number of esters is 1. The van der Waals surface area contributed by atoms with Crippen LogP contribution in [0.2, 0.25) is 0 Å². The van der Waals surface area contributed by atoms with E-state index in [-0.39, 0.29) is 17.6 Å². The number of rotatable bonds is 2. The SMILES string of the molecule is COC(=O)C1=CC=C2C3=C(C(C)C)CC[C@]3(C)CC[C@@]2(C)C(=O)C1. The molecule has 130 valence electrons. The summed E-state index contributed by atoms with van der Waals surface area (Å²) in [5, 5.41) is 0. The molecule has 2 atom stereocenters. The quantitative estimate of drug-likeness (QED) is 0.699. The Labute approximate surface area is 144 Å². The first-order valence-corrected chi connectivity index (χ1v) is 9.00. The zero-order chi connectivity index (χ0) is 17.7. The number of carbonyl (C=O) groups is 2. The van der Waals surface area contributed by atoms with E-state index in [9.17, 15) is 9.59 Å². The lowest BCUT2D eigenvalue weighted by molar-refractivity contribution is -0.137. The number of methoxy groups -OCH3 is 1. The number of ether oxygens (including phenoxy) is 1. The highest BCUT2D eigenvalue weighted by Crippen LogP contribution is 2.61. The van der Waals surface area contributed by atoms with E-state index < -0.39 is 11.4 Å². The first-order valence-electron chi connectivity index (χ1n) is 9.00. The van der Waals surface area contributed by atoms with E-state index in [0.717, 1.165) is 24.8 Å². The van der Waals surface area contributed by atoms with Crippen molar-refractivity contribution in [1.29, 1.82) is 0 Å². The van der Waals surface area contributed by atoms with Gasteiger partial charge in [0.1, 0.15) is 5.78 Å². The molecular weight excluding hydrogens is 300 g/mol. The molecule has 3 rings (SSSR count). The fraction of sp³-hybridized carbons (Fsp3) is 0.619. The van der Waals surface area contributed by atoms with Crippen molar-refractivity contribution < 1.29 is 14.3 Å². The van der Waals surface area contributed by atoms with Gasteiger partial charge in [0.15, 0.2) is 0 Å². The average Bonchev–Trinajstić information content (AvgIpc) is 2.83. The van der Waals surface area contributed by atoms with Gasteiger partial charge in [-0.2, -0.15) is 0 Å². The molecule has 0 aromatic rings. The van der Waals surface area contributed by atoms with Gasteiger partial charge in [-0.15, -0.1) is 0 Å². The van der Waals surface area contributed by atoms with Crippen LogP contribution in [-0.4, -0.2) is 18.9 Å². The van der Waals surface area contributed by atoms with E-state index in [2.05, 4.69) is 27.7 Å². The number of hydrogen-bond acceptors (Lipinski definition) is 3. The molecule has 1 saturated carbocycles. The molecule has 0 saturated heterocycles. The van der Waals surface area contributed by atoms with Crippen LogP contribution in [0.25, 0.3) is 0 Å². The number of hydrogen-bond donors (Lipinski definition) is 0. The van der Waals surface area contributed by atoms with Crippen molar-refractivity contribution in [2.45, 2.75) is 59.8 Å². The monoisotopic (exact) mass is 328 g/mol. The highest BCUT2D eigenvalue weighted by molar-refractivity contribution is 6.00. The van der Waals surface area contributed by atoms with Crippen molar-refractivity contribution in [1.82, 2.24) is 0 Å². The predicted octanol–water partition coefficient (Wildman–Crippen LogP) is 4.54. The molecule has 0 aromatic heterocycles. The lowest BCUT2D eigenvalue weighted by Crippen LogP contribution is -2.39. The summed E-state index contributed by atoms with van der Waals surface area (Å²) in [6.45, 7) is 8.90. The molecule has 0 bridgehead atoms. The molecule has 0 heterocycles. The lowest BCUT2D eigenvalue weighted by Gasteiger charge is -2.45. The summed E-state index contributed by atoms with van der Waals surface area (Å²) in [6.07, 6.45) is 8.24. The van der Waals surface area contributed by atoms with Gasteiger partial charge in [0.25, 0.3) is 0 Å². The highest BCUT2D eigenvalue weighted by atomic mass is 16.5. The van der Waals surface area contributed by atoms with Crippen LogP contribution in [0.5, 0.6) is 0 Å². The van der Waals surface area contributed by atoms with Crippen molar-refractivity contribution in [2.24, 2.45) is 16.7 Å². The Morgan fingerprint density at radius 2 is 1.88 bits per heavy atom. The molecule has 3 nitrogen and oxygen atoms in total. The lowest BCUT2D eigenvalue weighted by atomic mass is 9.58. The minimum atomic E-state index is -0.481. The second kappa shape index (κ2) is 5.72. The van der Waals surface area contributed by atoms with E-state index in [0.29, 0.717) is 11.5 Å². The summed E-state index contributed by atoms with van der Waals surface area (Å²) >= 11 is 0. The number of fused-ring (bicyclic) bond motifs is 3. The fourth-order valence-corrected chi connectivity index (χ4v) is 4.75. The summed E-state index contributed by atoms with van der Waals surface area (Å²) in [5.74, 6) is 0.245. The molecule has 3 heteroatoms. The van der Waals surface area contributed by atoms with Crippen LogP contribution in [0.1, 0.15) is 59.8 Å². The number of allylic oxidation sites excluding steroid dienone is 5. The fourth-order valence-electron chi connectivity index (χ4n) is 4.75. The third-order valence-electron chi connectivity index (χ3n) is 6.47. The van der Waals surface area contributed by atoms with Crippen LogP contribution in [0, 0.1) is 16.7 Å². The maximum atomic E-state index is 13.1. The van der Waals surface area contributed by atoms with Gasteiger partial charge in [0.05, 0.1) is 12.5 Å². The van der Waals surface area contributed by atoms with Crippen molar-refractivity contribution >= 4 is 11.8 Å². The molecule has 0 amide bonds. The van der Waals surface area contributed by atoms with E-state index >= 15 is 0 Å². The summed E-state index contributed by atoms with van der Waals surface area (Å²) in [6, 6.07) is 0. The van der Waals surface area contributed by atoms with Gasteiger partial charge in [0.2, 0.25) is 0 Å². The highest BCUT2D eigenvalue weighted by Gasteiger charge is 2.51. The molecular formula is C21H28O3. The predicted molar refractivity (Wildman–Crippen MR) is 94.4 cm³/mol. The Morgan fingerprint density at radius 3 is 2.50 bits per heavy atom. The second-order valence-corrected chi connectivity index (χ2v) is 8.31. The van der Waals surface area contributed by atoms with Gasteiger partial charge >= 0.3 is 5.97 Å². The van der Waals surface area contributed by atoms with Crippen LogP contribution in [-0.2, 0) is 14.3 Å². The smallest absolute Gasteiger partial charge is 0.334 e. The Balaban J connectivity index is 2.18. The molecule has 0 aliphatic heterocycles. The van der Waals surface area contributed by atoms with Crippen molar-refractivity contribution in [3.8, 4) is 0 Å². The third kappa shape index (κ3) is 2.40. The molecule has 3 aliphatic carbocycles. The van der Waals surface area contributed by atoms with Gasteiger partial charge in [0, 0.05) is 12.0 Å². The summed E-state index contributed by atoms with van der Waals surface area (Å²) in [5.41, 5.74) is 4.22. The molecule has 3 aliphatic rings. The van der Waals surface area contributed by atoms with Gasteiger partial charge in [-0.3, -0.25) is 4.79 Å². The zero-order valence-corrected chi connectivity index (χ0v) is 15.5. The van der Waals surface area contributed by atoms with Gasteiger partial charge in [-0.25, -0.2) is 4.79 Å². The molecule has 0 N–H and O–H groups in total. The Morgan fingerprint density at radius 1 is 1.17 bits per heavy atom. The minimum Gasteiger partial charge on any atom is -0.466 e. The molecule has 1 fully saturated rings. The summed E-state index contributed by atoms with van der Waals surface area (Å²) in [7, 11) is 1.37. The van der Waals surface area contributed by atoms with E-state index in [1.807, 2.05) is 12.2 Å². The van der Waals surface area contributed by atoms with E-state index in [1.165, 1.54) is 24.7 Å². The molecule has 0 radical (unpaired) electrons. The standard InChI is InChI=1S/C21H28O3/c1-13(2)15-8-9-20(3)10-11-21(4)16(18(15)20)7-6-14(12-17(21)22)19(23)24-5/h6-7,13H,8-12H2,1-5H3/t20-,21-/m1/s1. The molecule has 0 spiro atoms. The van der Waals surface area contributed by atoms with Crippen molar-refractivity contribution in [3.05, 3.63) is 34.4 Å². The molecule has 0 aromatic carbocycles. The van der Waals surface area contributed by atoms with E-state index in [1.54, 1.807) is 0 Å². The van der Waals surface area contributed by atoms with Crippen LogP contribution in [0.4, 0.5) is 0 Å². The molecule has 24 heavy (non-hydrogen) atoms. The number of ketones is 1. The maximum Gasteiger partial charge on any atom is 0.334 e. The van der Waals surface area contributed by atoms with Gasteiger partial charge in [-0.05, 0) is 55.1 Å². The van der Waals surface area contributed by atoms with Crippen LogP contribution >= 0.6 is 0 Å². The maximum absolute atomic E-state index is 13.1. The second-order valence-electron chi connectivity index (χ2n) is 8.31. The number of carbonyl (C=O) groups excluding carboxylic acids is 2. The first-order chi connectivity index (χ1) is 11.2. The summed E-state index contributed by atoms with van der Waals surface area (Å²) < 4.78 is 4.84. The minimum absolute atomic E-state index is 0.146. The third-order valence-corrected chi connectivity index (χ3v) is 6.47. The molecule has 0 unspecified atom stereocenters. The Hall–Kier alpha value is -1.64. The summed E-state index contributed by atoms with van der Waals surface area (Å²) in [4.78, 5) is 25.0. The largest absolute Gasteiger partial charge is 0.466 e. The van der Waals surface area contributed by atoms with Gasteiger partial charge in [-0.1, -0.05) is 38.5 Å².